The number of piperidine rings is 1. The molecule has 0 radical (unpaired) electrons. The van der Waals surface area contributed by atoms with Gasteiger partial charge in [0.1, 0.15) is 6.10 Å². The van der Waals surface area contributed by atoms with Gasteiger partial charge in [-0.05, 0) is 34.7 Å². The molecule has 0 N–H and O–H groups in total. The minimum Gasteiger partial charge on any atom is -0.393 e. The van der Waals surface area contributed by atoms with Crippen LogP contribution in [0.4, 0.5) is 0 Å². The van der Waals surface area contributed by atoms with E-state index in [1.165, 1.54) is 0 Å². The smallest absolute Gasteiger partial charge is 0.131 e. The third-order valence-corrected chi connectivity index (χ3v) is 3.49. The van der Waals surface area contributed by atoms with Crippen molar-refractivity contribution in [2.75, 3.05) is 7.05 Å². The molecule has 1 rings (SSSR count). The molecular weight excluding hydrogens is 176 g/mol. The van der Waals surface area contributed by atoms with Gasteiger partial charge in [0.25, 0.3) is 0 Å². The molecule has 3 heteroatoms. The van der Waals surface area contributed by atoms with Crippen molar-refractivity contribution in [3.8, 4) is 0 Å². The van der Waals surface area contributed by atoms with Crippen molar-refractivity contribution in [1.29, 1.82) is 0 Å². The predicted octanol–water partition coefficient (Wildman–Crippen LogP) is 2.27. The van der Waals surface area contributed by atoms with Crippen molar-refractivity contribution >= 4 is 6.72 Å². The molecule has 0 spiro atoms. The predicted molar refractivity (Wildman–Crippen MR) is 59.6 cm³/mol. The Hall–Kier alpha value is -0.570. The van der Waals surface area contributed by atoms with Crippen LogP contribution in [0, 0.1) is 0 Å². The van der Waals surface area contributed by atoms with Gasteiger partial charge in [-0.3, -0.25) is 4.90 Å². The standard InChI is InChI=1S/C11H22N2O/c1-10(2)7-9(14-12-5)8-11(3,4)13(10)6/h9H,5,7-8H2,1-4,6H3. The highest BCUT2D eigenvalue weighted by atomic mass is 16.6. The molecule has 1 heterocycles. The highest BCUT2D eigenvalue weighted by molar-refractivity contribution is 5.21. The summed E-state index contributed by atoms with van der Waals surface area (Å²) in [5.41, 5.74) is 0.328. The van der Waals surface area contributed by atoms with Crippen LogP contribution >= 0.6 is 0 Å². The summed E-state index contributed by atoms with van der Waals surface area (Å²) >= 11 is 0. The monoisotopic (exact) mass is 198 g/mol. The summed E-state index contributed by atoms with van der Waals surface area (Å²) in [5, 5.41) is 3.55. The topological polar surface area (TPSA) is 24.8 Å². The van der Waals surface area contributed by atoms with E-state index in [4.69, 9.17) is 4.84 Å². The number of nitrogens with zero attached hydrogens (tertiary/aromatic N) is 2. The van der Waals surface area contributed by atoms with E-state index in [-0.39, 0.29) is 17.2 Å². The van der Waals surface area contributed by atoms with Crippen LogP contribution in [-0.4, -0.2) is 35.8 Å². The molecule has 0 aliphatic carbocycles. The minimum atomic E-state index is 0.164. The molecule has 14 heavy (non-hydrogen) atoms. The second-order valence-corrected chi connectivity index (χ2v) is 5.45. The van der Waals surface area contributed by atoms with E-state index in [0.717, 1.165) is 12.8 Å². The Morgan fingerprint density at radius 3 is 2.00 bits per heavy atom. The lowest BCUT2D eigenvalue weighted by Crippen LogP contribution is -2.60. The Kier molecular flexibility index (Phi) is 2.91. The fourth-order valence-electron chi connectivity index (χ4n) is 2.46. The molecule has 0 aromatic heterocycles. The zero-order valence-corrected chi connectivity index (χ0v) is 10.0. The highest BCUT2D eigenvalue weighted by Crippen LogP contribution is 2.37. The van der Waals surface area contributed by atoms with Gasteiger partial charge in [-0.25, -0.2) is 0 Å². The van der Waals surface area contributed by atoms with Crippen LogP contribution in [0.3, 0.4) is 0 Å². The summed E-state index contributed by atoms with van der Waals surface area (Å²) in [6, 6.07) is 0. The SMILES string of the molecule is C=NOC1CC(C)(C)N(C)C(C)(C)C1. The lowest BCUT2D eigenvalue weighted by Gasteiger charge is -2.52. The van der Waals surface area contributed by atoms with Crippen molar-refractivity contribution in [3.05, 3.63) is 0 Å². The van der Waals surface area contributed by atoms with Gasteiger partial charge in [-0.15, -0.1) is 5.16 Å². The molecule has 0 unspecified atom stereocenters. The molecular formula is C11H22N2O. The fourth-order valence-corrected chi connectivity index (χ4v) is 2.46. The third kappa shape index (κ3) is 2.08. The molecule has 1 aliphatic heterocycles. The average Bonchev–Trinajstić information content (AvgIpc) is 1.99. The molecule has 0 bridgehead atoms. The summed E-state index contributed by atoms with van der Waals surface area (Å²) < 4.78 is 0. The molecule has 0 atom stereocenters. The first-order chi connectivity index (χ1) is 6.29. The molecule has 0 saturated carbocycles. The summed E-state index contributed by atoms with van der Waals surface area (Å²) in [7, 11) is 2.18. The Labute approximate surface area is 87.1 Å². The van der Waals surface area contributed by atoms with Crippen molar-refractivity contribution in [2.24, 2.45) is 5.16 Å². The van der Waals surface area contributed by atoms with Crippen LogP contribution < -0.4 is 0 Å². The third-order valence-electron chi connectivity index (χ3n) is 3.49. The molecule has 0 aromatic carbocycles. The number of hydrogen-bond donors (Lipinski definition) is 0. The van der Waals surface area contributed by atoms with E-state index in [1.54, 1.807) is 0 Å². The van der Waals surface area contributed by atoms with Crippen LogP contribution in [0.2, 0.25) is 0 Å². The van der Waals surface area contributed by atoms with Gasteiger partial charge in [-0.1, -0.05) is 0 Å². The van der Waals surface area contributed by atoms with Gasteiger partial charge in [0.15, 0.2) is 0 Å². The van der Waals surface area contributed by atoms with Crippen molar-refractivity contribution in [1.82, 2.24) is 4.90 Å². The maximum atomic E-state index is 5.29. The van der Waals surface area contributed by atoms with E-state index in [2.05, 4.69) is 51.5 Å². The molecule has 0 aromatic rings. The van der Waals surface area contributed by atoms with Crippen LogP contribution in [0.5, 0.6) is 0 Å². The Balaban J connectivity index is 2.80. The zero-order valence-electron chi connectivity index (χ0n) is 10.0. The quantitative estimate of drug-likeness (QED) is 0.502. The highest BCUT2D eigenvalue weighted by Gasteiger charge is 2.44. The van der Waals surface area contributed by atoms with Crippen LogP contribution in [0.1, 0.15) is 40.5 Å². The first-order valence-electron chi connectivity index (χ1n) is 5.15. The second kappa shape index (κ2) is 3.54. The lowest BCUT2D eigenvalue weighted by molar-refractivity contribution is -0.0901. The van der Waals surface area contributed by atoms with Crippen LogP contribution in [0.15, 0.2) is 5.16 Å². The first-order valence-corrected chi connectivity index (χ1v) is 5.15. The van der Waals surface area contributed by atoms with Crippen molar-refractivity contribution in [3.63, 3.8) is 0 Å². The lowest BCUT2D eigenvalue weighted by atomic mass is 9.79. The van der Waals surface area contributed by atoms with E-state index < -0.39 is 0 Å². The van der Waals surface area contributed by atoms with Gasteiger partial charge in [0, 0.05) is 30.6 Å². The summed E-state index contributed by atoms with van der Waals surface area (Å²) in [6.07, 6.45) is 2.21. The molecule has 1 fully saturated rings. The van der Waals surface area contributed by atoms with Gasteiger partial charge >= 0.3 is 0 Å². The Morgan fingerprint density at radius 1 is 1.21 bits per heavy atom. The molecule has 1 saturated heterocycles. The Morgan fingerprint density at radius 2 is 1.64 bits per heavy atom. The zero-order chi connectivity index (χ0) is 11.0. The molecule has 1 aliphatic rings. The maximum Gasteiger partial charge on any atom is 0.131 e. The molecule has 0 amide bonds. The van der Waals surface area contributed by atoms with Crippen molar-refractivity contribution in [2.45, 2.75) is 57.7 Å². The average molecular weight is 198 g/mol. The van der Waals surface area contributed by atoms with Gasteiger partial charge in [0.2, 0.25) is 0 Å². The first kappa shape index (κ1) is 11.5. The van der Waals surface area contributed by atoms with E-state index in [0.29, 0.717) is 0 Å². The van der Waals surface area contributed by atoms with Crippen molar-refractivity contribution < 1.29 is 4.84 Å². The van der Waals surface area contributed by atoms with Gasteiger partial charge < -0.3 is 4.84 Å². The maximum absolute atomic E-state index is 5.29. The van der Waals surface area contributed by atoms with E-state index >= 15 is 0 Å². The normalized spacial score (nSPS) is 27.2. The molecule has 3 nitrogen and oxygen atoms in total. The van der Waals surface area contributed by atoms with Crippen LogP contribution in [0.25, 0.3) is 0 Å². The largest absolute Gasteiger partial charge is 0.393 e. The van der Waals surface area contributed by atoms with Crippen LogP contribution in [-0.2, 0) is 4.84 Å². The minimum absolute atomic E-state index is 0.164. The van der Waals surface area contributed by atoms with Gasteiger partial charge in [-0.2, -0.15) is 0 Å². The number of rotatable bonds is 2. The second-order valence-electron chi connectivity index (χ2n) is 5.45. The van der Waals surface area contributed by atoms with E-state index in [9.17, 15) is 0 Å². The summed E-state index contributed by atoms with van der Waals surface area (Å²) in [5.74, 6) is 0. The number of hydrogen-bond acceptors (Lipinski definition) is 3. The number of oxime groups is 1. The Bertz CT molecular complexity index is 205. The fraction of sp³-hybridized carbons (Fsp3) is 0.909. The van der Waals surface area contributed by atoms with E-state index in [1.807, 2.05) is 0 Å². The number of likely N-dealkylation sites (tertiary alicyclic amines) is 1. The van der Waals surface area contributed by atoms with Gasteiger partial charge in [0.05, 0.1) is 0 Å². The summed E-state index contributed by atoms with van der Waals surface area (Å²) in [6.45, 7) is 12.4. The summed E-state index contributed by atoms with van der Waals surface area (Å²) in [4.78, 5) is 7.71. The molecule has 82 valence electrons.